The lowest BCUT2D eigenvalue weighted by molar-refractivity contribution is -0.124. The Morgan fingerprint density at radius 1 is 1.54 bits per heavy atom. The van der Waals surface area contributed by atoms with Crippen LogP contribution in [0.3, 0.4) is 0 Å². The lowest BCUT2D eigenvalue weighted by atomic mass is 9.77. The molecule has 13 heavy (non-hydrogen) atoms. The van der Waals surface area contributed by atoms with Crippen molar-refractivity contribution in [1.82, 2.24) is 0 Å². The molecule has 0 aliphatic heterocycles. The van der Waals surface area contributed by atoms with Crippen LogP contribution in [0.2, 0.25) is 0 Å². The van der Waals surface area contributed by atoms with Crippen molar-refractivity contribution in [2.45, 2.75) is 25.7 Å². The molecular weight excluding hydrogens is 164 g/mol. The van der Waals surface area contributed by atoms with Crippen LogP contribution in [-0.4, -0.2) is 10.9 Å². The van der Waals surface area contributed by atoms with Gasteiger partial charge in [-0.1, -0.05) is 11.8 Å². The number of aliphatic hydroxyl groups excluding tert-OH is 1. The lowest BCUT2D eigenvalue weighted by Crippen LogP contribution is -2.27. The van der Waals surface area contributed by atoms with Crippen molar-refractivity contribution in [3.63, 3.8) is 0 Å². The Kier molecular flexibility index (Phi) is 2.10. The van der Waals surface area contributed by atoms with Gasteiger partial charge in [-0.25, -0.2) is 0 Å². The van der Waals surface area contributed by atoms with E-state index in [4.69, 9.17) is 0 Å². The first kappa shape index (κ1) is 8.37. The highest BCUT2D eigenvalue weighted by Gasteiger charge is 2.31. The molecule has 2 aliphatic rings. The van der Waals surface area contributed by atoms with Gasteiger partial charge < -0.3 is 5.11 Å². The van der Waals surface area contributed by atoms with Crippen LogP contribution >= 0.6 is 0 Å². The highest BCUT2D eigenvalue weighted by molar-refractivity contribution is 5.85. The average molecular weight is 176 g/mol. The maximum atomic E-state index is 11.5. The van der Waals surface area contributed by atoms with E-state index >= 15 is 0 Å². The van der Waals surface area contributed by atoms with Crippen molar-refractivity contribution in [3.8, 4) is 11.8 Å². The number of Topliss-reactive ketones (excluding diaryl/α,β-unsaturated/α-hetero) is 1. The Bertz CT molecular complexity index is 317. The summed E-state index contributed by atoms with van der Waals surface area (Å²) in [5, 5.41) is 9.36. The Hall–Kier alpha value is -1.23. The van der Waals surface area contributed by atoms with Crippen molar-refractivity contribution in [2.24, 2.45) is 11.8 Å². The van der Waals surface area contributed by atoms with Crippen LogP contribution in [0.1, 0.15) is 25.7 Å². The van der Waals surface area contributed by atoms with Gasteiger partial charge in [-0.05, 0) is 18.8 Å². The molecule has 2 unspecified atom stereocenters. The second kappa shape index (κ2) is 3.26. The minimum Gasteiger partial charge on any atom is -0.512 e. The standard InChI is InChI=1S/C11H12O2/c12-9-4-2-5-10-8(7-9)3-1-6-11(10)13/h4,8,10,12H,1,3,6-7H2. The van der Waals surface area contributed by atoms with Gasteiger partial charge >= 0.3 is 0 Å². The van der Waals surface area contributed by atoms with E-state index in [0.717, 1.165) is 12.8 Å². The van der Waals surface area contributed by atoms with E-state index in [1.54, 1.807) is 0 Å². The molecule has 2 heteroatoms. The van der Waals surface area contributed by atoms with E-state index in [-0.39, 0.29) is 17.6 Å². The fourth-order valence-corrected chi connectivity index (χ4v) is 2.08. The summed E-state index contributed by atoms with van der Waals surface area (Å²) in [7, 11) is 0. The maximum Gasteiger partial charge on any atom is 0.148 e. The topological polar surface area (TPSA) is 37.3 Å². The molecule has 0 saturated heterocycles. The van der Waals surface area contributed by atoms with E-state index in [2.05, 4.69) is 11.8 Å². The summed E-state index contributed by atoms with van der Waals surface area (Å²) in [6.07, 6.45) is 4.76. The third-order valence-electron chi connectivity index (χ3n) is 2.77. The number of carbonyl (C=O) groups is 1. The Balaban J connectivity index is 2.24. The molecule has 68 valence electrons. The summed E-state index contributed by atoms with van der Waals surface area (Å²) in [6.45, 7) is 0. The molecule has 0 spiro atoms. The second-order valence-corrected chi connectivity index (χ2v) is 3.72. The van der Waals surface area contributed by atoms with Crippen LogP contribution in [0.25, 0.3) is 0 Å². The number of hydrogen-bond donors (Lipinski definition) is 1. The average Bonchev–Trinajstić information content (AvgIpc) is 2.27. The quantitative estimate of drug-likeness (QED) is 0.571. The molecule has 0 aromatic heterocycles. The van der Waals surface area contributed by atoms with E-state index in [1.807, 2.05) is 0 Å². The molecule has 0 amide bonds. The molecule has 1 fully saturated rings. The van der Waals surface area contributed by atoms with Gasteiger partial charge in [0.05, 0.1) is 5.92 Å². The summed E-state index contributed by atoms with van der Waals surface area (Å²) >= 11 is 0. The van der Waals surface area contributed by atoms with Gasteiger partial charge in [-0.3, -0.25) is 4.79 Å². The predicted octanol–water partition coefficient (Wildman–Crippen LogP) is 1.82. The van der Waals surface area contributed by atoms with Crippen molar-refractivity contribution in [1.29, 1.82) is 0 Å². The normalized spacial score (nSPS) is 32.3. The number of carbonyl (C=O) groups excluding carboxylic acids is 1. The second-order valence-electron chi connectivity index (χ2n) is 3.72. The molecule has 1 saturated carbocycles. The van der Waals surface area contributed by atoms with Gasteiger partial charge in [0.1, 0.15) is 11.5 Å². The van der Waals surface area contributed by atoms with Crippen molar-refractivity contribution < 1.29 is 9.90 Å². The first-order valence-corrected chi connectivity index (χ1v) is 4.69. The largest absolute Gasteiger partial charge is 0.512 e. The molecule has 0 bridgehead atoms. The van der Waals surface area contributed by atoms with E-state index < -0.39 is 0 Å². The van der Waals surface area contributed by atoms with Gasteiger partial charge in [0, 0.05) is 18.9 Å². The number of hydrogen-bond acceptors (Lipinski definition) is 2. The van der Waals surface area contributed by atoms with E-state index in [1.165, 1.54) is 6.08 Å². The lowest BCUT2D eigenvalue weighted by Gasteiger charge is -2.25. The molecule has 2 atom stereocenters. The van der Waals surface area contributed by atoms with Gasteiger partial charge in [-0.15, -0.1) is 0 Å². The molecule has 1 N–H and O–H groups in total. The molecule has 2 nitrogen and oxygen atoms in total. The minimum atomic E-state index is -0.116. The van der Waals surface area contributed by atoms with Gasteiger partial charge in [-0.2, -0.15) is 0 Å². The number of aliphatic hydroxyl groups is 1. The highest BCUT2D eigenvalue weighted by Crippen LogP contribution is 2.32. The molecule has 2 rings (SSSR count). The van der Waals surface area contributed by atoms with Crippen LogP contribution in [0.4, 0.5) is 0 Å². The predicted molar refractivity (Wildman–Crippen MR) is 48.9 cm³/mol. The van der Waals surface area contributed by atoms with Gasteiger partial charge in [0.2, 0.25) is 0 Å². The van der Waals surface area contributed by atoms with Crippen LogP contribution in [0.15, 0.2) is 11.8 Å². The zero-order valence-electron chi connectivity index (χ0n) is 7.42. The molecule has 0 heterocycles. The Morgan fingerprint density at radius 3 is 3.23 bits per heavy atom. The Morgan fingerprint density at radius 2 is 2.38 bits per heavy atom. The summed E-state index contributed by atoms with van der Waals surface area (Å²) in [6, 6.07) is 0. The van der Waals surface area contributed by atoms with Crippen LogP contribution in [0, 0.1) is 23.7 Å². The fraction of sp³-hybridized carbons (Fsp3) is 0.545. The van der Waals surface area contributed by atoms with Crippen LogP contribution in [-0.2, 0) is 4.79 Å². The summed E-state index contributed by atoms with van der Waals surface area (Å²) in [4.78, 5) is 11.5. The summed E-state index contributed by atoms with van der Waals surface area (Å²) in [5.41, 5.74) is 0. The maximum absolute atomic E-state index is 11.5. The van der Waals surface area contributed by atoms with E-state index in [9.17, 15) is 9.90 Å². The van der Waals surface area contributed by atoms with E-state index in [0.29, 0.717) is 18.6 Å². The smallest absolute Gasteiger partial charge is 0.148 e. The molecule has 0 aromatic rings. The molecule has 2 aliphatic carbocycles. The Labute approximate surface area is 77.6 Å². The monoisotopic (exact) mass is 176 g/mol. The third kappa shape index (κ3) is 1.60. The van der Waals surface area contributed by atoms with Gasteiger partial charge in [0.25, 0.3) is 0 Å². The number of rotatable bonds is 0. The van der Waals surface area contributed by atoms with Gasteiger partial charge in [0.15, 0.2) is 0 Å². The molecule has 0 radical (unpaired) electrons. The third-order valence-corrected chi connectivity index (χ3v) is 2.77. The van der Waals surface area contributed by atoms with Crippen LogP contribution in [0.5, 0.6) is 0 Å². The number of fused-ring (bicyclic) bond motifs is 1. The van der Waals surface area contributed by atoms with Crippen LogP contribution < -0.4 is 0 Å². The fourth-order valence-electron chi connectivity index (χ4n) is 2.08. The zero-order chi connectivity index (χ0) is 9.26. The molecule has 0 aromatic carbocycles. The van der Waals surface area contributed by atoms with Crippen molar-refractivity contribution in [2.75, 3.05) is 0 Å². The first-order valence-electron chi connectivity index (χ1n) is 4.69. The zero-order valence-corrected chi connectivity index (χ0v) is 7.42. The number of ketones is 1. The van der Waals surface area contributed by atoms with Crippen molar-refractivity contribution >= 4 is 5.78 Å². The minimum absolute atomic E-state index is 0.116. The first-order chi connectivity index (χ1) is 6.27. The highest BCUT2D eigenvalue weighted by atomic mass is 16.3. The van der Waals surface area contributed by atoms with Crippen molar-refractivity contribution in [3.05, 3.63) is 11.8 Å². The molecular formula is C11H12O2. The summed E-state index contributed by atoms with van der Waals surface area (Å²) in [5.74, 6) is 6.40. The SMILES string of the molecule is O=C1CCCC2CC(O)=CC#CC12. The number of allylic oxidation sites excluding steroid dienone is 2. The summed E-state index contributed by atoms with van der Waals surface area (Å²) < 4.78 is 0.